The molecule has 2 aliphatic rings. The van der Waals surface area contributed by atoms with Gasteiger partial charge in [0.1, 0.15) is 0 Å². The van der Waals surface area contributed by atoms with E-state index in [1.165, 1.54) is 36.0 Å². The summed E-state index contributed by atoms with van der Waals surface area (Å²) in [6.45, 7) is 6.44. The summed E-state index contributed by atoms with van der Waals surface area (Å²) in [4.78, 5) is 0. The monoisotopic (exact) mass is 306 g/mol. The van der Waals surface area contributed by atoms with Gasteiger partial charge in [-0.05, 0) is 69.2 Å². The first-order valence-corrected chi connectivity index (χ1v) is 9.05. The number of fused-ring (bicyclic) bond motifs is 1. The summed E-state index contributed by atoms with van der Waals surface area (Å²) < 4.78 is 15.0. The number of rotatable bonds is 3. The normalized spacial score (nSPS) is 22.3. The van der Waals surface area contributed by atoms with Gasteiger partial charge in [-0.25, -0.2) is 0 Å². The smallest absolute Gasteiger partial charge is 0.164 e. The van der Waals surface area contributed by atoms with Gasteiger partial charge in [-0.3, -0.25) is 0 Å². The molecule has 116 valence electrons. The van der Waals surface area contributed by atoms with Gasteiger partial charge in [0.15, 0.2) is 4.75 Å². The van der Waals surface area contributed by atoms with Crippen LogP contribution in [0.25, 0.3) is 0 Å². The molecule has 1 aromatic rings. The Morgan fingerprint density at radius 1 is 1.24 bits per heavy atom. The Bertz CT molecular complexity index is 524. The van der Waals surface area contributed by atoms with Crippen molar-refractivity contribution in [1.82, 2.24) is 10.0 Å². The maximum absolute atomic E-state index is 12.4. The van der Waals surface area contributed by atoms with Gasteiger partial charge < -0.3 is 9.87 Å². The summed E-state index contributed by atoms with van der Waals surface area (Å²) in [6, 6.07) is 6.59. The Balaban J connectivity index is 1.96. The van der Waals surface area contributed by atoms with Gasteiger partial charge in [0, 0.05) is 24.0 Å². The molecule has 1 aromatic carbocycles. The van der Waals surface area contributed by atoms with Crippen LogP contribution in [0.2, 0.25) is 0 Å². The van der Waals surface area contributed by atoms with Crippen LogP contribution in [0.15, 0.2) is 18.2 Å². The molecule has 3 rings (SSSR count). The molecule has 1 atom stereocenters. The van der Waals surface area contributed by atoms with Gasteiger partial charge in [-0.1, -0.05) is 18.2 Å². The average molecular weight is 306 g/mol. The van der Waals surface area contributed by atoms with Crippen molar-refractivity contribution in [2.24, 2.45) is 5.41 Å². The van der Waals surface area contributed by atoms with Crippen molar-refractivity contribution in [3.05, 3.63) is 34.9 Å². The third-order valence-corrected chi connectivity index (χ3v) is 6.87. The fraction of sp³-hybridized carbons (Fsp3) is 0.647. The predicted molar refractivity (Wildman–Crippen MR) is 88.6 cm³/mol. The van der Waals surface area contributed by atoms with Crippen molar-refractivity contribution >= 4 is 11.4 Å². The summed E-state index contributed by atoms with van der Waals surface area (Å²) in [6.07, 6.45) is 4.87. The first-order chi connectivity index (χ1) is 9.98. The lowest BCUT2D eigenvalue weighted by molar-refractivity contribution is 0.215. The third kappa shape index (κ3) is 2.63. The SMILES string of the molecule is CN[S+]([O-])C(C)(C)c1cccc2c1CC1(CCNCC1)C2. The average Bonchev–Trinajstić information content (AvgIpc) is 2.83. The zero-order chi connectivity index (χ0) is 15.1. The van der Waals surface area contributed by atoms with E-state index in [2.05, 4.69) is 42.1 Å². The highest BCUT2D eigenvalue weighted by atomic mass is 32.2. The van der Waals surface area contributed by atoms with Crippen molar-refractivity contribution in [2.75, 3.05) is 20.1 Å². The minimum Gasteiger partial charge on any atom is -0.597 e. The van der Waals surface area contributed by atoms with E-state index in [1.54, 1.807) is 7.05 Å². The summed E-state index contributed by atoms with van der Waals surface area (Å²) in [5.41, 5.74) is 4.66. The predicted octanol–water partition coefficient (Wildman–Crippen LogP) is 2.27. The van der Waals surface area contributed by atoms with Crippen molar-refractivity contribution in [2.45, 2.75) is 44.3 Å². The Hall–Kier alpha value is -0.550. The van der Waals surface area contributed by atoms with E-state index >= 15 is 0 Å². The second-order valence-corrected chi connectivity index (χ2v) is 9.00. The minimum absolute atomic E-state index is 0.349. The van der Waals surface area contributed by atoms with E-state index in [9.17, 15) is 4.55 Å². The molecule has 1 aliphatic heterocycles. The zero-order valence-electron chi connectivity index (χ0n) is 13.3. The number of hydrogen-bond donors (Lipinski definition) is 2. The molecule has 1 spiro atoms. The number of hydrogen-bond acceptors (Lipinski definition) is 3. The first-order valence-electron chi connectivity index (χ1n) is 7.90. The van der Waals surface area contributed by atoms with Gasteiger partial charge in [0.2, 0.25) is 0 Å². The van der Waals surface area contributed by atoms with Gasteiger partial charge in [-0.2, -0.15) is 0 Å². The summed E-state index contributed by atoms with van der Waals surface area (Å²) in [5.74, 6) is 0. The quantitative estimate of drug-likeness (QED) is 0.842. The lowest BCUT2D eigenvalue weighted by Gasteiger charge is -2.34. The molecule has 2 N–H and O–H groups in total. The molecule has 1 saturated heterocycles. The van der Waals surface area contributed by atoms with E-state index in [-0.39, 0.29) is 4.75 Å². The lowest BCUT2D eigenvalue weighted by Crippen LogP contribution is -2.39. The van der Waals surface area contributed by atoms with Crippen molar-refractivity contribution in [3.63, 3.8) is 0 Å². The van der Waals surface area contributed by atoms with E-state index < -0.39 is 11.4 Å². The van der Waals surface area contributed by atoms with Crippen LogP contribution in [0.3, 0.4) is 0 Å². The molecular weight excluding hydrogens is 280 g/mol. The summed E-state index contributed by atoms with van der Waals surface area (Å²) >= 11 is -1.06. The van der Waals surface area contributed by atoms with Gasteiger partial charge >= 0.3 is 0 Å². The van der Waals surface area contributed by atoms with E-state index in [0.717, 1.165) is 19.5 Å². The molecule has 0 bridgehead atoms. The molecule has 0 amide bonds. The highest BCUT2D eigenvalue weighted by Crippen LogP contribution is 2.47. The largest absolute Gasteiger partial charge is 0.597 e. The molecular formula is C17H26N2OS. The standard InChI is InChI=1S/C17H26N2OS/c1-16(2,21(20)18-3)15-6-4-5-13-11-17(12-14(13)15)7-9-19-10-8-17/h4-6,18-19H,7-12H2,1-3H3. The number of benzene rings is 1. The van der Waals surface area contributed by atoms with Crippen molar-refractivity contribution in [3.8, 4) is 0 Å². The molecule has 0 aromatic heterocycles. The van der Waals surface area contributed by atoms with Gasteiger partial charge in [0.05, 0.1) is 0 Å². The maximum Gasteiger partial charge on any atom is 0.164 e. The molecule has 21 heavy (non-hydrogen) atoms. The first kappa shape index (κ1) is 15.3. The van der Waals surface area contributed by atoms with E-state index in [1.807, 2.05) is 0 Å². The van der Waals surface area contributed by atoms with Crippen LogP contribution >= 0.6 is 0 Å². The maximum atomic E-state index is 12.4. The fourth-order valence-electron chi connectivity index (χ4n) is 4.08. The van der Waals surface area contributed by atoms with Crippen LogP contribution in [0, 0.1) is 5.41 Å². The van der Waals surface area contributed by atoms with Crippen LogP contribution in [0.4, 0.5) is 0 Å². The van der Waals surface area contributed by atoms with Gasteiger partial charge in [-0.15, -0.1) is 4.72 Å². The Labute approximate surface area is 131 Å². The Kier molecular flexibility index (Phi) is 4.08. The lowest BCUT2D eigenvalue weighted by atomic mass is 9.76. The van der Waals surface area contributed by atoms with Crippen LogP contribution in [-0.4, -0.2) is 24.7 Å². The second kappa shape index (κ2) is 5.58. The topological polar surface area (TPSA) is 47.1 Å². The molecule has 1 aliphatic carbocycles. The van der Waals surface area contributed by atoms with E-state index in [0.29, 0.717) is 5.41 Å². The molecule has 1 fully saturated rings. The fourth-order valence-corrected chi connectivity index (χ4v) is 4.98. The molecule has 1 unspecified atom stereocenters. The van der Waals surface area contributed by atoms with Crippen LogP contribution in [0.1, 0.15) is 43.4 Å². The molecule has 0 saturated carbocycles. The van der Waals surface area contributed by atoms with Gasteiger partial charge in [0.25, 0.3) is 0 Å². The molecule has 3 nitrogen and oxygen atoms in total. The minimum atomic E-state index is -1.06. The molecule has 0 radical (unpaired) electrons. The highest BCUT2D eigenvalue weighted by molar-refractivity contribution is 7.90. The molecule has 1 heterocycles. The number of nitrogens with one attached hydrogen (secondary N) is 2. The Morgan fingerprint density at radius 3 is 2.62 bits per heavy atom. The third-order valence-electron chi connectivity index (χ3n) is 5.35. The zero-order valence-corrected chi connectivity index (χ0v) is 14.1. The summed E-state index contributed by atoms with van der Waals surface area (Å²) in [7, 11) is 1.77. The summed E-state index contributed by atoms with van der Waals surface area (Å²) in [5, 5.41) is 3.48. The second-order valence-electron chi connectivity index (χ2n) is 7.03. The van der Waals surface area contributed by atoms with E-state index in [4.69, 9.17) is 0 Å². The highest BCUT2D eigenvalue weighted by Gasteiger charge is 2.43. The molecule has 4 heteroatoms. The van der Waals surface area contributed by atoms with Crippen LogP contribution < -0.4 is 10.0 Å². The Morgan fingerprint density at radius 2 is 1.95 bits per heavy atom. The van der Waals surface area contributed by atoms with Crippen LogP contribution in [-0.2, 0) is 29.0 Å². The van der Waals surface area contributed by atoms with Crippen molar-refractivity contribution in [1.29, 1.82) is 0 Å². The number of piperidine rings is 1. The van der Waals surface area contributed by atoms with Crippen molar-refractivity contribution < 1.29 is 4.55 Å². The van der Waals surface area contributed by atoms with Crippen LogP contribution in [0.5, 0.6) is 0 Å².